The number of hydrogen-bond acceptors (Lipinski definition) is 8. The van der Waals surface area contributed by atoms with Crippen molar-refractivity contribution in [3.63, 3.8) is 0 Å². The Hall–Kier alpha value is -3.77. The van der Waals surface area contributed by atoms with Crippen molar-refractivity contribution < 1.29 is 13.2 Å². The number of amides is 1. The van der Waals surface area contributed by atoms with Crippen LogP contribution in [0.1, 0.15) is 31.4 Å². The average molecular weight is 538 g/mol. The molecule has 0 atom stereocenters. The van der Waals surface area contributed by atoms with E-state index in [-0.39, 0.29) is 21.5 Å². The van der Waals surface area contributed by atoms with E-state index in [1.807, 2.05) is 32.9 Å². The van der Waals surface area contributed by atoms with Crippen LogP contribution in [0, 0.1) is 13.8 Å². The maximum atomic E-state index is 13.5. The summed E-state index contributed by atoms with van der Waals surface area (Å²) in [7, 11) is -4.04. The number of H-pyrrole nitrogens is 1. The van der Waals surface area contributed by atoms with Crippen molar-refractivity contribution in [3.05, 3.63) is 57.9 Å². The molecule has 0 radical (unpaired) electrons. The van der Waals surface area contributed by atoms with Crippen LogP contribution in [0.3, 0.4) is 0 Å². The Bertz CT molecular complexity index is 1740. The second-order valence-electron chi connectivity index (χ2n) is 10.3. The largest absolute Gasteiger partial charge is 0.370 e. The molecule has 12 heteroatoms. The Morgan fingerprint density at radius 1 is 1.05 bits per heavy atom. The van der Waals surface area contributed by atoms with Crippen LogP contribution >= 0.6 is 0 Å². The van der Waals surface area contributed by atoms with Gasteiger partial charge in [0.1, 0.15) is 0 Å². The maximum absolute atomic E-state index is 13.5. The van der Waals surface area contributed by atoms with E-state index in [0.29, 0.717) is 29.6 Å². The summed E-state index contributed by atoms with van der Waals surface area (Å²) in [5.41, 5.74) is 7.16. The number of nitrogens with zero attached hydrogens (tertiary/aromatic N) is 5. The lowest BCUT2D eigenvalue weighted by Gasteiger charge is -2.35. The minimum absolute atomic E-state index is 0.0510. The lowest BCUT2D eigenvalue weighted by atomic mass is 10.0. The first-order valence-corrected chi connectivity index (χ1v) is 13.9. The molecule has 1 aliphatic heterocycles. The summed E-state index contributed by atoms with van der Waals surface area (Å²) in [5, 5.41) is 6.89. The van der Waals surface area contributed by atoms with Crippen LogP contribution in [0.4, 0.5) is 5.69 Å². The van der Waals surface area contributed by atoms with Gasteiger partial charge >= 0.3 is 0 Å². The predicted molar refractivity (Wildman–Crippen MR) is 144 cm³/mol. The van der Waals surface area contributed by atoms with Crippen molar-refractivity contribution >= 4 is 38.0 Å². The van der Waals surface area contributed by atoms with Crippen molar-refractivity contribution in [1.29, 1.82) is 0 Å². The molecule has 0 bridgehead atoms. The number of aryl methyl sites for hydroxylation is 2. The van der Waals surface area contributed by atoms with Gasteiger partial charge in [0.15, 0.2) is 5.65 Å². The topological polar surface area (TPSA) is 147 Å². The Morgan fingerprint density at radius 2 is 1.82 bits per heavy atom. The molecule has 3 N–H and O–H groups in total. The molecule has 1 saturated heterocycles. The zero-order chi connectivity index (χ0) is 27.4. The van der Waals surface area contributed by atoms with Gasteiger partial charge in [0, 0.05) is 31.9 Å². The Morgan fingerprint density at radius 3 is 2.53 bits per heavy atom. The number of aromatic amines is 1. The fourth-order valence-corrected chi connectivity index (χ4v) is 6.55. The van der Waals surface area contributed by atoms with E-state index in [1.165, 1.54) is 4.52 Å². The minimum Gasteiger partial charge on any atom is -0.370 e. The zero-order valence-corrected chi connectivity index (χ0v) is 22.7. The van der Waals surface area contributed by atoms with Crippen LogP contribution in [0.2, 0.25) is 0 Å². The second kappa shape index (κ2) is 9.21. The van der Waals surface area contributed by atoms with Crippen LogP contribution in [-0.2, 0) is 14.6 Å². The lowest BCUT2D eigenvalue weighted by molar-refractivity contribution is -0.128. The van der Waals surface area contributed by atoms with Crippen molar-refractivity contribution in [3.8, 4) is 0 Å². The first kappa shape index (κ1) is 25.9. The quantitative estimate of drug-likeness (QED) is 0.392. The van der Waals surface area contributed by atoms with E-state index in [1.54, 1.807) is 31.2 Å². The van der Waals surface area contributed by atoms with Gasteiger partial charge in [0.25, 0.3) is 5.56 Å². The monoisotopic (exact) mass is 537 g/mol. The number of primary amides is 1. The molecule has 11 nitrogen and oxygen atoms in total. The van der Waals surface area contributed by atoms with Crippen molar-refractivity contribution in [2.75, 3.05) is 31.1 Å². The number of rotatable bonds is 5. The standard InChI is InChI=1S/C26H31N7O4S/c1-16-6-9-21(17(2)14-16)38(36,37)24-22-28-23(34)19-8-7-18(15-20(19)33(22)30-29-24)31-10-5-11-32(13-12-31)26(3,4)25(27)35/h6-9,14-15,30H,5,10-13H2,1-4H3,(H2,27,35). The van der Waals surface area contributed by atoms with Gasteiger partial charge in [-0.05, 0) is 63.9 Å². The van der Waals surface area contributed by atoms with Gasteiger partial charge in [-0.1, -0.05) is 17.7 Å². The number of nitrogens with one attached hydrogen (secondary N) is 1. The SMILES string of the molecule is Cc1ccc(S(=O)(=O)c2n[nH]n3c2nc(=O)c2ccc(N4CCCN(C(C)(C)C(N)=O)CC4)cc23)c(C)c1. The summed E-state index contributed by atoms with van der Waals surface area (Å²) in [6.07, 6.45) is 0.822. The normalized spacial score (nSPS) is 15.7. The van der Waals surface area contributed by atoms with Crippen LogP contribution in [0.5, 0.6) is 0 Å². The first-order chi connectivity index (χ1) is 17.9. The zero-order valence-electron chi connectivity index (χ0n) is 21.9. The van der Waals surface area contributed by atoms with Crippen molar-refractivity contribution in [2.45, 2.75) is 49.6 Å². The summed E-state index contributed by atoms with van der Waals surface area (Å²) in [6, 6.07) is 10.5. The molecule has 1 amide bonds. The maximum Gasteiger partial charge on any atom is 0.281 e. The number of carbonyl (C=O) groups excluding carboxylic acids is 1. The fourth-order valence-electron chi connectivity index (χ4n) is 5.07. The number of hydrogen-bond donors (Lipinski definition) is 2. The van der Waals surface area contributed by atoms with Crippen molar-refractivity contribution in [2.24, 2.45) is 5.73 Å². The van der Waals surface area contributed by atoms with Gasteiger partial charge in [-0.3, -0.25) is 14.5 Å². The summed E-state index contributed by atoms with van der Waals surface area (Å²) < 4.78 is 28.5. The highest BCUT2D eigenvalue weighted by Crippen LogP contribution is 2.28. The number of aromatic nitrogens is 4. The number of benzene rings is 2. The molecule has 4 aromatic rings. The molecule has 200 valence electrons. The van der Waals surface area contributed by atoms with E-state index >= 15 is 0 Å². The van der Waals surface area contributed by atoms with E-state index < -0.39 is 20.9 Å². The van der Waals surface area contributed by atoms with E-state index in [9.17, 15) is 18.0 Å². The molecule has 3 heterocycles. The molecule has 0 aliphatic carbocycles. The highest BCUT2D eigenvalue weighted by Gasteiger charge is 2.34. The number of fused-ring (bicyclic) bond motifs is 3. The Balaban J connectivity index is 1.56. The van der Waals surface area contributed by atoms with E-state index in [2.05, 4.69) is 25.1 Å². The minimum atomic E-state index is -4.04. The number of carbonyl (C=O) groups is 1. The first-order valence-electron chi connectivity index (χ1n) is 12.4. The molecule has 5 rings (SSSR count). The molecular formula is C26H31N7O4S. The molecule has 1 fully saturated rings. The third-order valence-corrected chi connectivity index (χ3v) is 9.26. The third-order valence-electron chi connectivity index (χ3n) is 7.44. The number of sulfone groups is 1. The predicted octanol–water partition coefficient (Wildman–Crippen LogP) is 1.80. The summed E-state index contributed by atoms with van der Waals surface area (Å²) >= 11 is 0. The second-order valence-corrected chi connectivity index (χ2v) is 12.2. The van der Waals surface area contributed by atoms with E-state index in [0.717, 1.165) is 30.8 Å². The molecule has 2 aromatic carbocycles. The van der Waals surface area contributed by atoms with Crippen LogP contribution in [0.25, 0.3) is 16.6 Å². The van der Waals surface area contributed by atoms with Crippen LogP contribution in [-0.4, -0.2) is 70.8 Å². The smallest absolute Gasteiger partial charge is 0.281 e. The van der Waals surface area contributed by atoms with Gasteiger partial charge in [0.05, 0.1) is 21.3 Å². The lowest BCUT2D eigenvalue weighted by Crippen LogP contribution is -2.54. The van der Waals surface area contributed by atoms with E-state index in [4.69, 9.17) is 5.73 Å². The Kier molecular flexibility index (Phi) is 6.27. The summed E-state index contributed by atoms with van der Waals surface area (Å²) in [6.45, 7) is 10.0. The number of anilines is 1. The van der Waals surface area contributed by atoms with Gasteiger partial charge in [-0.25, -0.2) is 18.1 Å². The molecule has 0 saturated carbocycles. The molecule has 38 heavy (non-hydrogen) atoms. The molecule has 1 aliphatic rings. The molecular weight excluding hydrogens is 506 g/mol. The Labute approximate surface area is 220 Å². The van der Waals surface area contributed by atoms with Gasteiger partial charge in [-0.2, -0.15) is 4.98 Å². The molecule has 0 spiro atoms. The van der Waals surface area contributed by atoms with Gasteiger partial charge in [0.2, 0.25) is 20.8 Å². The third kappa shape index (κ3) is 4.23. The van der Waals surface area contributed by atoms with Crippen LogP contribution in [0.15, 0.2) is 51.1 Å². The highest BCUT2D eigenvalue weighted by molar-refractivity contribution is 7.91. The molecule has 0 unspecified atom stereocenters. The summed E-state index contributed by atoms with van der Waals surface area (Å²) in [5.74, 6) is -0.364. The fraction of sp³-hybridized carbons (Fsp3) is 0.385. The number of nitrogens with two attached hydrogens (primary N) is 1. The van der Waals surface area contributed by atoms with Crippen molar-refractivity contribution in [1.82, 2.24) is 24.7 Å². The average Bonchev–Trinajstić information content (AvgIpc) is 3.12. The summed E-state index contributed by atoms with van der Waals surface area (Å²) in [4.78, 5) is 33.4. The molecule has 2 aromatic heterocycles. The van der Waals surface area contributed by atoms with Gasteiger partial charge < -0.3 is 10.6 Å². The highest BCUT2D eigenvalue weighted by atomic mass is 32.2. The van der Waals surface area contributed by atoms with Gasteiger partial charge in [-0.15, -0.1) is 5.10 Å². The van der Waals surface area contributed by atoms with Crippen LogP contribution < -0.4 is 16.2 Å².